The summed E-state index contributed by atoms with van der Waals surface area (Å²) < 4.78 is 0. The minimum Gasteiger partial charge on any atom is -0.399 e. The van der Waals surface area contributed by atoms with Crippen LogP contribution in [0, 0.1) is 5.92 Å². The number of hydrogen-bond acceptors (Lipinski definition) is 3. The quantitative estimate of drug-likeness (QED) is 0.840. The fourth-order valence-electron chi connectivity index (χ4n) is 2.29. The number of nitrogens with one attached hydrogen (secondary N) is 1. The second kappa shape index (κ2) is 9.06. The van der Waals surface area contributed by atoms with Crippen molar-refractivity contribution in [1.82, 2.24) is 10.2 Å². The highest BCUT2D eigenvalue weighted by atomic mass is 35.5. The van der Waals surface area contributed by atoms with Gasteiger partial charge in [0.05, 0.1) is 0 Å². The SMILES string of the molecule is CN1CCC(CNC(=O)c2cccc(N)c2)CC1.Cl.Cl. The first-order valence-corrected chi connectivity index (χ1v) is 6.47. The normalized spacial score (nSPS) is 15.8. The number of piperidine rings is 1. The van der Waals surface area contributed by atoms with Crippen molar-refractivity contribution in [2.24, 2.45) is 5.92 Å². The maximum atomic E-state index is 11.9. The molecule has 6 heteroatoms. The number of hydrogen-bond donors (Lipinski definition) is 2. The van der Waals surface area contributed by atoms with Gasteiger partial charge in [-0.1, -0.05) is 6.07 Å². The first kappa shape index (κ1) is 19.0. The van der Waals surface area contributed by atoms with Crippen molar-refractivity contribution in [3.8, 4) is 0 Å². The summed E-state index contributed by atoms with van der Waals surface area (Å²) >= 11 is 0. The molecule has 20 heavy (non-hydrogen) atoms. The highest BCUT2D eigenvalue weighted by Crippen LogP contribution is 2.15. The van der Waals surface area contributed by atoms with Crippen LogP contribution in [0.5, 0.6) is 0 Å². The number of anilines is 1. The van der Waals surface area contributed by atoms with E-state index in [1.165, 1.54) is 0 Å². The molecule has 3 N–H and O–H groups in total. The lowest BCUT2D eigenvalue weighted by atomic mass is 9.97. The van der Waals surface area contributed by atoms with Gasteiger partial charge in [-0.15, -0.1) is 24.8 Å². The van der Waals surface area contributed by atoms with Crippen LogP contribution in [0.3, 0.4) is 0 Å². The molecule has 1 aromatic carbocycles. The van der Waals surface area contributed by atoms with Crippen LogP contribution in [-0.2, 0) is 0 Å². The summed E-state index contributed by atoms with van der Waals surface area (Å²) in [6.45, 7) is 3.01. The molecule has 0 aliphatic carbocycles. The predicted octanol–water partition coefficient (Wildman–Crippen LogP) is 2.18. The van der Waals surface area contributed by atoms with Gasteiger partial charge in [0.1, 0.15) is 0 Å². The van der Waals surface area contributed by atoms with E-state index in [1.807, 2.05) is 0 Å². The molecule has 114 valence electrons. The second-order valence-electron chi connectivity index (χ2n) is 5.08. The smallest absolute Gasteiger partial charge is 0.251 e. The average Bonchev–Trinajstić information content (AvgIpc) is 2.38. The number of amides is 1. The molecule has 4 nitrogen and oxygen atoms in total. The van der Waals surface area contributed by atoms with Crippen LogP contribution in [0.4, 0.5) is 5.69 Å². The summed E-state index contributed by atoms with van der Waals surface area (Å²) in [5.74, 6) is 0.576. The van der Waals surface area contributed by atoms with E-state index in [0.29, 0.717) is 17.2 Å². The van der Waals surface area contributed by atoms with Crippen LogP contribution in [-0.4, -0.2) is 37.5 Å². The number of rotatable bonds is 3. The number of nitrogen functional groups attached to an aromatic ring is 1. The maximum absolute atomic E-state index is 11.9. The van der Waals surface area contributed by atoms with Gasteiger partial charge in [-0.3, -0.25) is 4.79 Å². The first-order chi connectivity index (χ1) is 8.65. The van der Waals surface area contributed by atoms with E-state index in [2.05, 4.69) is 17.3 Å². The van der Waals surface area contributed by atoms with Gasteiger partial charge in [0.15, 0.2) is 0 Å². The minimum absolute atomic E-state index is 0. The Morgan fingerprint density at radius 3 is 2.60 bits per heavy atom. The molecule has 1 fully saturated rings. The third kappa shape index (κ3) is 5.57. The molecule has 0 saturated carbocycles. The molecular weight excluding hydrogens is 297 g/mol. The monoisotopic (exact) mass is 319 g/mol. The number of carbonyl (C=O) groups excluding carboxylic acids is 1. The zero-order valence-corrected chi connectivity index (χ0v) is 13.3. The van der Waals surface area contributed by atoms with Crippen molar-refractivity contribution in [3.63, 3.8) is 0 Å². The van der Waals surface area contributed by atoms with E-state index in [0.717, 1.165) is 32.5 Å². The summed E-state index contributed by atoms with van der Waals surface area (Å²) in [6, 6.07) is 7.10. The van der Waals surface area contributed by atoms with Crippen molar-refractivity contribution >= 4 is 36.4 Å². The van der Waals surface area contributed by atoms with Gasteiger partial charge in [0.2, 0.25) is 0 Å². The molecule has 1 saturated heterocycles. The second-order valence-corrected chi connectivity index (χ2v) is 5.08. The maximum Gasteiger partial charge on any atom is 0.251 e. The number of benzene rings is 1. The molecule has 0 radical (unpaired) electrons. The highest BCUT2D eigenvalue weighted by molar-refractivity contribution is 5.94. The topological polar surface area (TPSA) is 58.4 Å². The fraction of sp³-hybridized carbons (Fsp3) is 0.500. The van der Waals surface area contributed by atoms with E-state index in [1.54, 1.807) is 24.3 Å². The number of likely N-dealkylation sites (tertiary alicyclic amines) is 1. The Balaban J connectivity index is 0.00000180. The standard InChI is InChI=1S/C14H21N3O.2ClH/c1-17-7-5-11(6-8-17)10-16-14(18)12-3-2-4-13(15)9-12;;/h2-4,9,11H,5-8,10,15H2,1H3,(H,16,18);2*1H. The molecule has 0 aromatic heterocycles. The molecule has 1 aliphatic rings. The van der Waals surface area contributed by atoms with Crippen molar-refractivity contribution in [1.29, 1.82) is 0 Å². The molecule has 2 rings (SSSR count). The van der Waals surface area contributed by atoms with Crippen LogP contribution in [0.1, 0.15) is 23.2 Å². The molecule has 0 spiro atoms. The lowest BCUT2D eigenvalue weighted by Crippen LogP contribution is -2.36. The van der Waals surface area contributed by atoms with Gasteiger partial charge in [-0.05, 0) is 57.1 Å². The third-order valence-electron chi connectivity index (χ3n) is 3.54. The minimum atomic E-state index is -0.0266. The Kier molecular flexibility index (Phi) is 8.62. The predicted molar refractivity (Wildman–Crippen MR) is 87.9 cm³/mol. The van der Waals surface area contributed by atoms with E-state index >= 15 is 0 Å². The zero-order valence-electron chi connectivity index (χ0n) is 11.7. The molecule has 0 unspecified atom stereocenters. The van der Waals surface area contributed by atoms with Gasteiger partial charge in [-0.25, -0.2) is 0 Å². The van der Waals surface area contributed by atoms with Gasteiger partial charge < -0.3 is 16.0 Å². The molecule has 1 aliphatic heterocycles. The van der Waals surface area contributed by atoms with E-state index in [-0.39, 0.29) is 30.7 Å². The van der Waals surface area contributed by atoms with Crippen LogP contribution in [0.15, 0.2) is 24.3 Å². The van der Waals surface area contributed by atoms with Crippen LogP contribution in [0.2, 0.25) is 0 Å². The third-order valence-corrected chi connectivity index (χ3v) is 3.54. The number of nitrogens with two attached hydrogens (primary N) is 1. The summed E-state index contributed by atoms with van der Waals surface area (Å²) in [4.78, 5) is 14.3. The number of nitrogens with zero attached hydrogens (tertiary/aromatic N) is 1. The van der Waals surface area contributed by atoms with Crippen LogP contribution < -0.4 is 11.1 Å². The highest BCUT2D eigenvalue weighted by Gasteiger charge is 2.17. The lowest BCUT2D eigenvalue weighted by Gasteiger charge is -2.28. The van der Waals surface area contributed by atoms with E-state index in [4.69, 9.17) is 5.73 Å². The molecule has 0 atom stereocenters. The fourth-order valence-corrected chi connectivity index (χ4v) is 2.29. The lowest BCUT2D eigenvalue weighted by molar-refractivity contribution is 0.0939. The van der Waals surface area contributed by atoms with Gasteiger partial charge >= 0.3 is 0 Å². The molecule has 1 amide bonds. The van der Waals surface area contributed by atoms with Crippen LogP contribution >= 0.6 is 24.8 Å². The Bertz CT molecular complexity index is 421. The molecule has 1 aromatic rings. The van der Waals surface area contributed by atoms with Crippen molar-refractivity contribution in [3.05, 3.63) is 29.8 Å². The Morgan fingerprint density at radius 2 is 2.00 bits per heavy atom. The Hall–Kier alpha value is -0.970. The largest absolute Gasteiger partial charge is 0.399 e. The number of carbonyl (C=O) groups is 1. The molecule has 0 bridgehead atoms. The van der Waals surface area contributed by atoms with Crippen molar-refractivity contribution in [2.45, 2.75) is 12.8 Å². The van der Waals surface area contributed by atoms with E-state index < -0.39 is 0 Å². The molecule has 1 heterocycles. The average molecular weight is 320 g/mol. The van der Waals surface area contributed by atoms with Gasteiger partial charge in [0, 0.05) is 17.8 Å². The molecular formula is C14H23Cl2N3O. The Morgan fingerprint density at radius 1 is 1.35 bits per heavy atom. The van der Waals surface area contributed by atoms with E-state index in [9.17, 15) is 4.79 Å². The van der Waals surface area contributed by atoms with Gasteiger partial charge in [-0.2, -0.15) is 0 Å². The summed E-state index contributed by atoms with van der Waals surface area (Å²) in [5, 5.41) is 3.00. The van der Waals surface area contributed by atoms with Crippen molar-refractivity contribution < 1.29 is 4.79 Å². The first-order valence-electron chi connectivity index (χ1n) is 6.47. The zero-order chi connectivity index (χ0) is 13.0. The van der Waals surface area contributed by atoms with Gasteiger partial charge in [0.25, 0.3) is 5.91 Å². The van der Waals surface area contributed by atoms with Crippen molar-refractivity contribution in [2.75, 3.05) is 32.4 Å². The summed E-state index contributed by atoms with van der Waals surface area (Å²) in [6.07, 6.45) is 2.32. The number of halogens is 2. The summed E-state index contributed by atoms with van der Waals surface area (Å²) in [7, 11) is 2.14. The van der Waals surface area contributed by atoms with Crippen LogP contribution in [0.25, 0.3) is 0 Å². The summed E-state index contributed by atoms with van der Waals surface area (Å²) in [5.41, 5.74) is 6.93. The Labute approximate surface area is 132 Å².